The number of aliphatic hydroxyl groups excluding tert-OH is 4. The number of hydrogen-bond acceptors (Lipinski definition) is 5. The van der Waals surface area contributed by atoms with Crippen LogP contribution in [0.1, 0.15) is 367 Å². The topological polar surface area (TPSA) is 110 Å². The van der Waals surface area contributed by atoms with Gasteiger partial charge in [-0.2, -0.15) is 0 Å². The van der Waals surface area contributed by atoms with Gasteiger partial charge in [-0.25, -0.2) is 0 Å². The molecule has 0 saturated carbocycles. The summed E-state index contributed by atoms with van der Waals surface area (Å²) in [5.74, 6) is -0.588. The van der Waals surface area contributed by atoms with E-state index in [1.165, 1.54) is 295 Å². The van der Waals surface area contributed by atoms with Crippen molar-refractivity contribution >= 4 is 5.91 Å². The fraction of sp³-hybridized carbons (Fsp3) is 0.899. The number of aliphatic hydroxyl groups is 4. The zero-order valence-electron chi connectivity index (χ0n) is 50.6. The number of rotatable bonds is 63. The van der Waals surface area contributed by atoms with Gasteiger partial charge < -0.3 is 25.7 Å². The van der Waals surface area contributed by atoms with E-state index < -0.39 is 36.9 Å². The summed E-state index contributed by atoms with van der Waals surface area (Å²) >= 11 is 0. The summed E-state index contributed by atoms with van der Waals surface area (Å²) < 4.78 is 0. The molecule has 0 aliphatic rings. The molecule has 0 spiro atoms. The van der Waals surface area contributed by atoms with E-state index in [1.807, 2.05) is 0 Å². The number of nitrogens with one attached hydrogen (secondary N) is 1. The molecular formula is C69H133NO5. The molecule has 0 aliphatic carbocycles. The number of carbonyl (C=O) groups excluding carboxylic acids is 1. The van der Waals surface area contributed by atoms with Crippen molar-refractivity contribution in [1.82, 2.24) is 5.32 Å². The Morgan fingerprint density at radius 3 is 0.880 bits per heavy atom. The minimum absolute atomic E-state index is 0.365. The monoisotopic (exact) mass is 1060 g/mol. The maximum absolute atomic E-state index is 12.6. The molecule has 0 saturated heterocycles. The number of hydrogen-bond donors (Lipinski definition) is 5. The normalized spacial score (nSPS) is 13.7. The summed E-state index contributed by atoms with van der Waals surface area (Å²) in [7, 11) is 0. The molecule has 0 aromatic rings. The van der Waals surface area contributed by atoms with Crippen LogP contribution in [0.4, 0.5) is 0 Å². The third kappa shape index (κ3) is 57.0. The molecule has 0 bridgehead atoms. The average Bonchev–Trinajstić information content (AvgIpc) is 3.42. The molecule has 6 heteroatoms. The predicted molar refractivity (Wildman–Crippen MR) is 330 cm³/mol. The number of allylic oxidation sites excluding steroid dienone is 6. The second-order valence-corrected chi connectivity index (χ2v) is 23.5. The van der Waals surface area contributed by atoms with Crippen molar-refractivity contribution in [2.75, 3.05) is 6.61 Å². The Balaban J connectivity index is 3.57. The van der Waals surface area contributed by atoms with Gasteiger partial charge in [0.1, 0.15) is 12.2 Å². The Hall–Kier alpha value is -1.47. The number of carbonyl (C=O) groups is 1. The van der Waals surface area contributed by atoms with Gasteiger partial charge in [0.15, 0.2) is 0 Å². The van der Waals surface area contributed by atoms with Gasteiger partial charge in [0.05, 0.1) is 18.8 Å². The molecule has 75 heavy (non-hydrogen) atoms. The largest absolute Gasteiger partial charge is 0.394 e. The molecular weight excluding hydrogens is 923 g/mol. The van der Waals surface area contributed by atoms with Crippen LogP contribution in [0.3, 0.4) is 0 Å². The molecule has 0 fully saturated rings. The van der Waals surface area contributed by atoms with Crippen molar-refractivity contribution in [3.05, 3.63) is 36.5 Å². The summed E-state index contributed by atoms with van der Waals surface area (Å²) in [6.07, 6.45) is 81.2. The molecule has 1 amide bonds. The van der Waals surface area contributed by atoms with Gasteiger partial charge in [0.25, 0.3) is 0 Å². The van der Waals surface area contributed by atoms with Crippen LogP contribution in [0.15, 0.2) is 36.5 Å². The van der Waals surface area contributed by atoms with Gasteiger partial charge in [-0.1, -0.05) is 333 Å². The summed E-state index contributed by atoms with van der Waals surface area (Å²) in [5.41, 5.74) is 0. The summed E-state index contributed by atoms with van der Waals surface area (Å²) in [4.78, 5) is 12.6. The lowest BCUT2D eigenvalue weighted by Crippen LogP contribution is -2.53. The second-order valence-electron chi connectivity index (χ2n) is 23.5. The van der Waals surface area contributed by atoms with Crippen LogP contribution < -0.4 is 5.32 Å². The van der Waals surface area contributed by atoms with Crippen LogP contribution >= 0.6 is 0 Å². The first kappa shape index (κ1) is 73.5. The van der Waals surface area contributed by atoms with Crippen molar-refractivity contribution in [3.63, 3.8) is 0 Å². The van der Waals surface area contributed by atoms with Gasteiger partial charge >= 0.3 is 0 Å². The SMILES string of the molecule is CCCCCCCCCCCCCCC/C=C\C/C=C\CCCCCCCCCCCCCCCCCCC(O)C(=O)NC(CO)C(O)C(O)CCC/C=C/CCCCCCCCCCCCCCCCCCCC. The standard InChI is InChI=1S/C69H133NO5/c1-3-5-7-9-11-13-15-17-19-21-23-25-27-28-29-30-31-32-33-34-35-36-37-38-39-41-43-45-47-49-51-53-55-57-59-61-63-67(73)69(75)70-65(64-71)68(74)66(72)62-60-58-56-54-52-50-48-46-44-42-40-26-24-22-20-18-16-14-12-10-8-6-4-2/h29-30,32-33,54,56,65-68,71-74H,3-28,31,34-53,55,57-64H2,1-2H3,(H,70,75)/b30-29-,33-32-,56-54+. The van der Waals surface area contributed by atoms with Crippen LogP contribution in [-0.2, 0) is 4.79 Å². The fourth-order valence-corrected chi connectivity index (χ4v) is 10.8. The zero-order valence-corrected chi connectivity index (χ0v) is 50.6. The lowest BCUT2D eigenvalue weighted by Gasteiger charge is -2.27. The van der Waals surface area contributed by atoms with Crippen LogP contribution in [0.25, 0.3) is 0 Å². The third-order valence-electron chi connectivity index (χ3n) is 16.1. The van der Waals surface area contributed by atoms with Crippen LogP contribution in [0, 0.1) is 0 Å². The molecule has 4 unspecified atom stereocenters. The highest BCUT2D eigenvalue weighted by atomic mass is 16.3. The van der Waals surface area contributed by atoms with Crippen LogP contribution in [0.2, 0.25) is 0 Å². The average molecular weight is 1060 g/mol. The molecule has 444 valence electrons. The lowest BCUT2D eigenvalue weighted by molar-refractivity contribution is -0.132. The number of unbranched alkanes of at least 4 members (excludes halogenated alkanes) is 48. The van der Waals surface area contributed by atoms with Crippen molar-refractivity contribution in [2.24, 2.45) is 0 Å². The molecule has 0 radical (unpaired) electrons. The zero-order chi connectivity index (χ0) is 54.4. The van der Waals surface area contributed by atoms with E-state index in [-0.39, 0.29) is 0 Å². The Morgan fingerprint density at radius 1 is 0.333 bits per heavy atom. The second kappa shape index (κ2) is 63.4. The minimum Gasteiger partial charge on any atom is -0.394 e. The molecule has 4 atom stereocenters. The van der Waals surface area contributed by atoms with Crippen molar-refractivity contribution in [2.45, 2.75) is 391 Å². The first-order valence-electron chi connectivity index (χ1n) is 33.9. The van der Waals surface area contributed by atoms with Gasteiger partial charge in [0, 0.05) is 0 Å². The van der Waals surface area contributed by atoms with Gasteiger partial charge in [-0.05, 0) is 70.6 Å². The molecule has 0 aromatic carbocycles. The van der Waals surface area contributed by atoms with Crippen molar-refractivity contribution < 1.29 is 25.2 Å². The first-order chi connectivity index (χ1) is 37.0. The molecule has 6 nitrogen and oxygen atoms in total. The molecule has 0 aliphatic heterocycles. The van der Waals surface area contributed by atoms with Crippen LogP contribution in [-0.4, -0.2) is 57.3 Å². The summed E-state index contributed by atoms with van der Waals surface area (Å²) in [6, 6.07) is -1.00. The Labute approximate surface area is 468 Å². The Morgan fingerprint density at radius 2 is 0.587 bits per heavy atom. The van der Waals surface area contributed by atoms with Crippen LogP contribution in [0.5, 0.6) is 0 Å². The maximum atomic E-state index is 12.6. The third-order valence-corrected chi connectivity index (χ3v) is 16.1. The smallest absolute Gasteiger partial charge is 0.249 e. The molecule has 0 rings (SSSR count). The van der Waals surface area contributed by atoms with E-state index in [9.17, 15) is 25.2 Å². The van der Waals surface area contributed by atoms with E-state index in [0.717, 1.165) is 44.9 Å². The number of amides is 1. The summed E-state index contributed by atoms with van der Waals surface area (Å²) in [5, 5.41) is 44.1. The van der Waals surface area contributed by atoms with Gasteiger partial charge in [-0.15, -0.1) is 0 Å². The summed E-state index contributed by atoms with van der Waals surface area (Å²) in [6.45, 7) is 4.09. The van der Waals surface area contributed by atoms with Crippen molar-refractivity contribution in [1.29, 1.82) is 0 Å². The highest BCUT2D eigenvalue weighted by molar-refractivity contribution is 5.80. The predicted octanol–water partition coefficient (Wildman–Crippen LogP) is 20.7. The van der Waals surface area contributed by atoms with Crippen molar-refractivity contribution in [3.8, 4) is 0 Å². The molecule has 0 heterocycles. The fourth-order valence-electron chi connectivity index (χ4n) is 10.8. The van der Waals surface area contributed by atoms with E-state index >= 15 is 0 Å². The highest BCUT2D eigenvalue weighted by Gasteiger charge is 2.28. The first-order valence-corrected chi connectivity index (χ1v) is 33.9. The van der Waals surface area contributed by atoms with E-state index in [2.05, 4.69) is 55.6 Å². The maximum Gasteiger partial charge on any atom is 0.249 e. The van der Waals surface area contributed by atoms with Gasteiger partial charge in [0.2, 0.25) is 5.91 Å². The quantitative estimate of drug-likeness (QED) is 0.0308. The minimum atomic E-state index is -1.28. The molecule has 5 N–H and O–H groups in total. The Kier molecular flexibility index (Phi) is 62.1. The Bertz CT molecular complexity index is 1190. The van der Waals surface area contributed by atoms with E-state index in [1.54, 1.807) is 0 Å². The highest BCUT2D eigenvalue weighted by Crippen LogP contribution is 2.19. The van der Waals surface area contributed by atoms with E-state index in [4.69, 9.17) is 0 Å². The van der Waals surface area contributed by atoms with E-state index in [0.29, 0.717) is 12.8 Å². The molecule has 0 aromatic heterocycles. The lowest BCUT2D eigenvalue weighted by atomic mass is 10.00. The van der Waals surface area contributed by atoms with Gasteiger partial charge in [-0.3, -0.25) is 4.79 Å².